The van der Waals surface area contributed by atoms with E-state index in [0.717, 1.165) is 0 Å². The molecule has 19 atom stereocenters. The second-order valence-electron chi connectivity index (χ2n) is 11.2. The molecule has 0 amide bonds. The van der Waals surface area contributed by atoms with Crippen molar-refractivity contribution in [2.24, 2.45) is 28.7 Å². The lowest BCUT2D eigenvalue weighted by molar-refractivity contribution is -0.310. The van der Waals surface area contributed by atoms with Crippen molar-refractivity contribution in [1.29, 1.82) is 0 Å². The molecule has 1 aliphatic carbocycles. The first kappa shape index (κ1) is 34.1. The number of hydrogen-bond acceptors (Lipinski definition) is 19. The van der Waals surface area contributed by atoms with E-state index in [0.29, 0.717) is 0 Å². The van der Waals surface area contributed by atoms with Gasteiger partial charge < -0.3 is 97.9 Å². The van der Waals surface area contributed by atoms with E-state index < -0.39 is 129 Å². The zero-order valence-corrected chi connectivity index (χ0v) is 22.7. The fourth-order valence-electron chi connectivity index (χ4n) is 5.70. The van der Waals surface area contributed by atoms with E-state index in [1.165, 1.54) is 0 Å². The SMILES string of the molecule is NC[C@@H]1O[C@H](O[C@H]2[C@@H](O)[C@@H](O[C@H]3[C@@H](O)[C@H](N)C[C@@H](N)[C@H]3O[C@H]3O[C@H](CO)[C@@H](O)[C@@H](O)[C@H]3N)O[C@@H]2CO)[C@H](N)[C@H](O)[C@@H]1O. The lowest BCUT2D eigenvalue weighted by atomic mass is 9.84. The molecule has 246 valence electrons. The molecule has 0 unspecified atom stereocenters. The molecule has 0 aromatic carbocycles. The van der Waals surface area contributed by atoms with Gasteiger partial charge in [-0.1, -0.05) is 0 Å². The van der Waals surface area contributed by atoms with Crippen molar-refractivity contribution in [2.45, 2.75) is 123 Å². The van der Waals surface area contributed by atoms with Gasteiger partial charge in [-0.3, -0.25) is 0 Å². The Bertz CT molecular complexity index is 866. The summed E-state index contributed by atoms with van der Waals surface area (Å²) in [6, 6.07) is -4.30. The van der Waals surface area contributed by atoms with Crippen LogP contribution in [0.4, 0.5) is 0 Å². The molecule has 3 aliphatic heterocycles. The Morgan fingerprint density at radius 3 is 1.55 bits per heavy atom. The van der Waals surface area contributed by atoms with Crippen molar-refractivity contribution in [1.82, 2.24) is 0 Å². The highest BCUT2D eigenvalue weighted by Crippen LogP contribution is 2.34. The summed E-state index contributed by atoms with van der Waals surface area (Å²) in [5, 5.41) is 82.3. The molecule has 4 rings (SSSR count). The maximum atomic E-state index is 11.1. The molecule has 18 N–H and O–H groups in total. The summed E-state index contributed by atoms with van der Waals surface area (Å²) in [6.45, 7) is -1.49. The lowest BCUT2D eigenvalue weighted by Gasteiger charge is -2.47. The second kappa shape index (κ2) is 14.1. The smallest absolute Gasteiger partial charge is 0.187 e. The Balaban J connectivity index is 1.50. The Hall–Kier alpha value is -0.760. The average molecular weight is 616 g/mol. The fourth-order valence-corrected chi connectivity index (χ4v) is 5.70. The van der Waals surface area contributed by atoms with E-state index in [4.69, 9.17) is 57.1 Å². The van der Waals surface area contributed by atoms with Gasteiger partial charge in [0.2, 0.25) is 0 Å². The van der Waals surface area contributed by atoms with Gasteiger partial charge >= 0.3 is 0 Å². The third kappa shape index (κ3) is 6.60. The molecule has 0 radical (unpaired) electrons. The molecule has 42 heavy (non-hydrogen) atoms. The number of rotatable bonds is 9. The number of ether oxygens (including phenoxy) is 6. The van der Waals surface area contributed by atoms with Gasteiger partial charge in [0.05, 0.1) is 31.4 Å². The summed E-state index contributed by atoms with van der Waals surface area (Å²) in [5.41, 5.74) is 29.9. The topological polar surface area (TPSA) is 347 Å². The van der Waals surface area contributed by atoms with Gasteiger partial charge in [-0.2, -0.15) is 0 Å². The van der Waals surface area contributed by atoms with Gasteiger partial charge in [-0.05, 0) is 6.42 Å². The highest BCUT2D eigenvalue weighted by Gasteiger charge is 2.54. The molecule has 3 heterocycles. The summed E-state index contributed by atoms with van der Waals surface area (Å²) in [6.07, 6.45) is -20.5. The molecule has 19 heteroatoms. The van der Waals surface area contributed by atoms with Crippen LogP contribution in [0.3, 0.4) is 0 Å². The largest absolute Gasteiger partial charge is 0.394 e. The van der Waals surface area contributed by atoms with E-state index in [-0.39, 0.29) is 13.0 Å². The predicted octanol–water partition coefficient (Wildman–Crippen LogP) is -8.86. The van der Waals surface area contributed by atoms with Gasteiger partial charge in [0.15, 0.2) is 18.9 Å². The summed E-state index contributed by atoms with van der Waals surface area (Å²) in [7, 11) is 0. The van der Waals surface area contributed by atoms with Crippen molar-refractivity contribution in [2.75, 3.05) is 19.8 Å². The van der Waals surface area contributed by atoms with E-state index in [9.17, 15) is 40.9 Å². The molecular formula is C23H45N5O14. The highest BCUT2D eigenvalue weighted by molar-refractivity contribution is 5.02. The Morgan fingerprint density at radius 2 is 1.00 bits per heavy atom. The van der Waals surface area contributed by atoms with Gasteiger partial charge in [0.1, 0.15) is 67.1 Å². The fraction of sp³-hybridized carbons (Fsp3) is 1.00. The van der Waals surface area contributed by atoms with Crippen LogP contribution in [-0.2, 0) is 28.4 Å². The average Bonchev–Trinajstić information content (AvgIpc) is 3.27. The third-order valence-electron chi connectivity index (χ3n) is 8.32. The number of nitrogens with two attached hydrogens (primary N) is 5. The van der Waals surface area contributed by atoms with Crippen LogP contribution < -0.4 is 28.7 Å². The summed E-state index contributed by atoms with van der Waals surface area (Å²) < 4.78 is 34.4. The van der Waals surface area contributed by atoms with Crippen LogP contribution in [0.2, 0.25) is 0 Å². The molecule has 0 aromatic rings. The van der Waals surface area contributed by atoms with Crippen LogP contribution in [0.25, 0.3) is 0 Å². The molecule has 0 spiro atoms. The maximum Gasteiger partial charge on any atom is 0.187 e. The van der Waals surface area contributed by atoms with Gasteiger partial charge in [-0.25, -0.2) is 0 Å². The summed E-state index contributed by atoms with van der Waals surface area (Å²) in [5.74, 6) is 0. The zero-order chi connectivity index (χ0) is 31.0. The molecular weight excluding hydrogens is 570 g/mol. The summed E-state index contributed by atoms with van der Waals surface area (Å²) in [4.78, 5) is 0. The van der Waals surface area contributed by atoms with Crippen molar-refractivity contribution in [3.63, 3.8) is 0 Å². The van der Waals surface area contributed by atoms with Crippen LogP contribution in [-0.4, -0.2) is 177 Å². The Morgan fingerprint density at radius 1 is 0.524 bits per heavy atom. The molecule has 1 saturated carbocycles. The first-order valence-corrected chi connectivity index (χ1v) is 13.8. The minimum absolute atomic E-state index is 0.0642. The molecule has 4 fully saturated rings. The zero-order valence-electron chi connectivity index (χ0n) is 22.7. The van der Waals surface area contributed by atoms with Crippen molar-refractivity contribution in [3.8, 4) is 0 Å². The second-order valence-corrected chi connectivity index (χ2v) is 11.2. The van der Waals surface area contributed by atoms with Crippen LogP contribution >= 0.6 is 0 Å². The Kier molecular flexibility index (Phi) is 11.5. The number of aliphatic hydroxyl groups is 8. The lowest BCUT2D eigenvalue weighted by Crippen LogP contribution is -2.68. The monoisotopic (exact) mass is 615 g/mol. The minimum atomic E-state index is -1.62. The minimum Gasteiger partial charge on any atom is -0.394 e. The van der Waals surface area contributed by atoms with Crippen LogP contribution in [0.1, 0.15) is 6.42 Å². The maximum absolute atomic E-state index is 11.1. The van der Waals surface area contributed by atoms with E-state index in [2.05, 4.69) is 0 Å². The van der Waals surface area contributed by atoms with Gasteiger partial charge in [0, 0.05) is 18.6 Å². The van der Waals surface area contributed by atoms with Gasteiger partial charge in [-0.15, -0.1) is 0 Å². The Labute approximate surface area is 240 Å². The molecule has 0 bridgehead atoms. The van der Waals surface area contributed by atoms with E-state index >= 15 is 0 Å². The molecule has 4 aliphatic rings. The van der Waals surface area contributed by atoms with E-state index in [1.807, 2.05) is 0 Å². The summed E-state index contributed by atoms with van der Waals surface area (Å²) >= 11 is 0. The van der Waals surface area contributed by atoms with Crippen molar-refractivity contribution < 1.29 is 69.3 Å². The first-order chi connectivity index (χ1) is 19.8. The van der Waals surface area contributed by atoms with Crippen molar-refractivity contribution >= 4 is 0 Å². The third-order valence-corrected chi connectivity index (χ3v) is 8.32. The predicted molar refractivity (Wildman–Crippen MR) is 136 cm³/mol. The number of hydrogen-bond donors (Lipinski definition) is 13. The number of aliphatic hydroxyl groups excluding tert-OH is 8. The van der Waals surface area contributed by atoms with Gasteiger partial charge in [0.25, 0.3) is 0 Å². The van der Waals surface area contributed by atoms with Crippen LogP contribution in [0.15, 0.2) is 0 Å². The van der Waals surface area contributed by atoms with Crippen molar-refractivity contribution in [3.05, 3.63) is 0 Å². The molecule has 3 saturated heterocycles. The van der Waals surface area contributed by atoms with Crippen LogP contribution in [0, 0.1) is 0 Å². The molecule has 0 aromatic heterocycles. The molecule has 19 nitrogen and oxygen atoms in total. The van der Waals surface area contributed by atoms with E-state index in [1.54, 1.807) is 0 Å². The quantitative estimate of drug-likeness (QED) is 0.114. The van der Waals surface area contributed by atoms with Crippen LogP contribution in [0.5, 0.6) is 0 Å². The normalized spacial score (nSPS) is 53.8. The highest BCUT2D eigenvalue weighted by atomic mass is 16.8. The first-order valence-electron chi connectivity index (χ1n) is 13.8. The standard InChI is InChI=1S/C23H45N5O14/c24-2-7-13(32)15(34)10(27)21(37-7)41-19-9(4-30)39-23(17(19)36)42-20-12(31)5(25)1-6(26)18(20)40-22-11(28)16(35)14(33)8(3-29)38-22/h5-23,29-36H,1-4,24-28H2/t5-,6-,7+,8-,9-,10-,11-,12+,13-,14-,15+,16+,17-,18-,19-,20+,21-,22-,23-/m1/s1.